The van der Waals surface area contributed by atoms with E-state index in [4.69, 9.17) is 19.7 Å². The Labute approximate surface area is 460 Å². The van der Waals surface area contributed by atoms with Gasteiger partial charge in [-0.05, 0) is 117 Å². The SMILES string of the molecule is CCc1cccc2cc(O)cc(-c3ncc4c(N5C[C@H]6CC[C@@H](C5)N6)nc(OC[C@@H]5CCCN5CCCCCCC(=O)N[C@H](C(=O)N5C[C@H](O)C[C@H]5C(=O)N[C@@H](C)c5ccc(-c6scnc6C)cc5)C(C)(C)C)nc4c3F)c12. The van der Waals surface area contributed by atoms with Gasteiger partial charge in [-0.15, -0.1) is 11.3 Å². The molecular weight excluding hydrogens is 1010 g/mol. The van der Waals surface area contributed by atoms with E-state index in [1.54, 1.807) is 29.7 Å². The fourth-order valence-corrected chi connectivity index (χ4v) is 13.0. The average molecular weight is 1080 g/mol. The monoisotopic (exact) mass is 1080 g/mol. The van der Waals surface area contributed by atoms with Gasteiger partial charge in [0, 0.05) is 62.4 Å². The third-order valence-electron chi connectivity index (χ3n) is 16.4. The van der Waals surface area contributed by atoms with Crippen LogP contribution in [0.4, 0.5) is 10.2 Å². The fourth-order valence-electron chi connectivity index (χ4n) is 12.2. The van der Waals surface area contributed by atoms with Crippen molar-refractivity contribution in [3.63, 3.8) is 0 Å². The van der Waals surface area contributed by atoms with Gasteiger partial charge in [0.05, 0.1) is 33.6 Å². The van der Waals surface area contributed by atoms with Crippen LogP contribution < -0.4 is 25.6 Å². The lowest BCUT2D eigenvalue weighted by molar-refractivity contribution is -0.144. The molecule has 3 amide bonds. The highest BCUT2D eigenvalue weighted by Crippen LogP contribution is 2.40. The summed E-state index contributed by atoms with van der Waals surface area (Å²) in [5, 5.41) is 33.5. The maximum absolute atomic E-state index is 17.2. The van der Waals surface area contributed by atoms with Gasteiger partial charge < -0.3 is 40.7 Å². The quantitative estimate of drug-likeness (QED) is 0.0483. The first-order valence-corrected chi connectivity index (χ1v) is 29.0. The zero-order chi connectivity index (χ0) is 54.8. The van der Waals surface area contributed by atoms with Crippen LogP contribution in [0.2, 0.25) is 0 Å². The molecule has 2 bridgehead atoms. The lowest BCUT2D eigenvalue weighted by Crippen LogP contribution is -2.57. The molecule has 6 aromatic rings. The van der Waals surface area contributed by atoms with Gasteiger partial charge in [0.1, 0.15) is 41.5 Å². The van der Waals surface area contributed by atoms with Crippen LogP contribution >= 0.6 is 11.3 Å². The largest absolute Gasteiger partial charge is 0.508 e. The van der Waals surface area contributed by atoms with Crippen LogP contribution in [0.5, 0.6) is 11.8 Å². The summed E-state index contributed by atoms with van der Waals surface area (Å²) in [6.07, 6.45) is 9.39. The molecule has 78 heavy (non-hydrogen) atoms. The minimum Gasteiger partial charge on any atom is -0.508 e. The number of ether oxygens (including phenoxy) is 1. The van der Waals surface area contributed by atoms with Crippen LogP contribution in [0.1, 0.15) is 122 Å². The number of pyridine rings is 1. The molecule has 4 aliphatic heterocycles. The molecule has 16 nitrogen and oxygen atoms in total. The number of rotatable bonds is 19. The number of aryl methyl sites for hydroxylation is 2. The van der Waals surface area contributed by atoms with E-state index in [1.165, 1.54) is 4.90 Å². The Bertz CT molecular complexity index is 3140. The van der Waals surface area contributed by atoms with Gasteiger partial charge >= 0.3 is 6.01 Å². The molecule has 4 fully saturated rings. The van der Waals surface area contributed by atoms with Crippen molar-refractivity contribution in [2.75, 3.05) is 44.2 Å². The number of anilines is 1. The normalized spacial score (nSPS) is 21.4. The molecule has 18 heteroatoms. The Morgan fingerprint density at radius 2 is 1.73 bits per heavy atom. The molecule has 5 N–H and O–H groups in total. The first-order chi connectivity index (χ1) is 37.5. The number of hydrogen-bond donors (Lipinski definition) is 5. The zero-order valence-corrected chi connectivity index (χ0v) is 46.7. The van der Waals surface area contributed by atoms with Gasteiger partial charge in [0.2, 0.25) is 17.7 Å². The smallest absolute Gasteiger partial charge is 0.319 e. The molecule has 7 heterocycles. The number of nitrogens with one attached hydrogen (secondary N) is 3. The third kappa shape index (κ3) is 12.0. The molecule has 4 saturated heterocycles. The summed E-state index contributed by atoms with van der Waals surface area (Å²) < 4.78 is 23.7. The van der Waals surface area contributed by atoms with E-state index >= 15 is 4.39 Å². The maximum atomic E-state index is 17.2. The van der Waals surface area contributed by atoms with Crippen LogP contribution in [-0.4, -0.2) is 133 Å². The van der Waals surface area contributed by atoms with Gasteiger partial charge in [0.25, 0.3) is 0 Å². The minimum absolute atomic E-state index is 0.00925. The second-order valence-corrected chi connectivity index (χ2v) is 24.0. The van der Waals surface area contributed by atoms with Gasteiger partial charge in [0.15, 0.2) is 5.82 Å². The van der Waals surface area contributed by atoms with Gasteiger partial charge in [-0.25, -0.2) is 9.37 Å². The average Bonchev–Trinajstić information content (AvgIpc) is 4.37. The summed E-state index contributed by atoms with van der Waals surface area (Å²) in [7, 11) is 0. The standard InChI is InChI=1S/C60H75FN10O6S/c1-7-37-14-12-15-40-26-44(72)27-46(50(37)40)52-51(61)53-47(29-62-52)56(70-30-41-22-23-42(31-70)65-41)68-59(67-53)77-33-43-16-13-25-69(43)24-11-9-8-10-17-49(74)66-55(60(4,5)6)58(76)71-32-45(73)28-48(71)57(75)64-35(2)38-18-20-39(21-19-38)54-36(3)63-34-78-54/h12,14-15,18-21,26-27,29,34-35,41-43,45,48,55,65,72-73H,7-11,13,16-17,22-25,28,30-33H2,1-6H3,(H,64,75)(H,66,74)/t35-,41-,42+,43-,45+,48-,55+/m0/s1. The predicted octanol–water partition coefficient (Wildman–Crippen LogP) is 8.79. The Morgan fingerprint density at radius 3 is 2.46 bits per heavy atom. The van der Waals surface area contributed by atoms with Crippen LogP contribution in [0.3, 0.4) is 0 Å². The molecule has 0 unspecified atom stereocenters. The number of thiazole rings is 1. The van der Waals surface area contributed by atoms with E-state index in [0.717, 1.165) is 116 Å². The van der Waals surface area contributed by atoms with Gasteiger partial charge in [-0.1, -0.05) is 83.0 Å². The number of halogens is 1. The molecule has 414 valence electrons. The first-order valence-electron chi connectivity index (χ1n) is 28.1. The van der Waals surface area contributed by atoms with Gasteiger partial charge in [-0.2, -0.15) is 9.97 Å². The van der Waals surface area contributed by atoms with E-state index in [9.17, 15) is 24.6 Å². The lowest BCUT2D eigenvalue weighted by atomic mass is 9.85. The van der Waals surface area contributed by atoms with Crippen molar-refractivity contribution in [1.29, 1.82) is 0 Å². The number of aliphatic hydroxyl groups excluding tert-OH is 1. The highest BCUT2D eigenvalue weighted by Gasteiger charge is 2.45. The highest BCUT2D eigenvalue weighted by atomic mass is 32.1. The number of carbonyl (C=O) groups excluding carboxylic acids is 3. The number of likely N-dealkylation sites (tertiary alicyclic amines) is 2. The van der Waals surface area contributed by atoms with Crippen molar-refractivity contribution in [3.8, 4) is 33.5 Å². The molecule has 0 aliphatic carbocycles. The van der Waals surface area contributed by atoms with Crippen LogP contribution in [-0.2, 0) is 20.8 Å². The third-order valence-corrected chi connectivity index (χ3v) is 17.4. The number of benzene rings is 3. The van der Waals surface area contributed by atoms with Crippen molar-refractivity contribution in [3.05, 3.63) is 88.9 Å². The lowest BCUT2D eigenvalue weighted by Gasteiger charge is -2.35. The van der Waals surface area contributed by atoms with Crippen molar-refractivity contribution in [1.82, 2.24) is 45.7 Å². The Hall–Kier alpha value is -6.34. The summed E-state index contributed by atoms with van der Waals surface area (Å²) in [5.74, 6) is -0.876. The Balaban J connectivity index is 0.728. The van der Waals surface area contributed by atoms with E-state index in [1.807, 2.05) is 82.6 Å². The number of phenols is 1. The summed E-state index contributed by atoms with van der Waals surface area (Å²) in [6.45, 7) is 15.3. The number of piperazine rings is 1. The zero-order valence-electron chi connectivity index (χ0n) is 45.9. The molecule has 3 aromatic carbocycles. The number of nitrogens with zero attached hydrogens (tertiary/aromatic N) is 7. The topological polar surface area (TPSA) is 198 Å². The number of fused-ring (bicyclic) bond motifs is 4. The molecule has 0 radical (unpaired) electrons. The molecule has 7 atom stereocenters. The summed E-state index contributed by atoms with van der Waals surface area (Å²) >= 11 is 1.58. The minimum atomic E-state index is -0.892. The molecule has 4 aliphatic rings. The van der Waals surface area contributed by atoms with Crippen molar-refractivity contribution < 1.29 is 33.7 Å². The maximum Gasteiger partial charge on any atom is 0.319 e. The predicted molar refractivity (Wildman–Crippen MR) is 303 cm³/mol. The number of hydrogen-bond acceptors (Lipinski definition) is 14. The van der Waals surface area contributed by atoms with Crippen LogP contribution in [0.15, 0.2) is 66.3 Å². The van der Waals surface area contributed by atoms with Crippen molar-refractivity contribution in [2.45, 2.75) is 155 Å². The van der Waals surface area contributed by atoms with Gasteiger partial charge in [-0.3, -0.25) is 24.3 Å². The Morgan fingerprint density at radius 1 is 0.962 bits per heavy atom. The number of phenolic OH excluding ortho intramolecular Hbond substituents is 1. The summed E-state index contributed by atoms with van der Waals surface area (Å²) in [6, 6.07) is 16.0. The van der Waals surface area contributed by atoms with Crippen molar-refractivity contribution >= 4 is 56.6 Å². The number of aromatic hydroxyl groups is 1. The highest BCUT2D eigenvalue weighted by molar-refractivity contribution is 7.13. The van der Waals surface area contributed by atoms with Crippen molar-refractivity contribution in [2.24, 2.45) is 5.41 Å². The number of carbonyl (C=O) groups is 3. The molecule has 3 aromatic heterocycles. The first kappa shape index (κ1) is 55.0. The van der Waals surface area contributed by atoms with Crippen LogP contribution in [0, 0.1) is 18.2 Å². The number of amides is 3. The second kappa shape index (κ2) is 23.6. The van der Waals surface area contributed by atoms with E-state index in [0.29, 0.717) is 41.9 Å². The fraction of sp³-hybridized carbons (Fsp3) is 0.517. The van der Waals surface area contributed by atoms with Crippen LogP contribution in [0.25, 0.3) is 43.4 Å². The number of unbranched alkanes of at least 4 members (excludes halogenated alkanes) is 3. The number of aliphatic hydroxyl groups is 1. The summed E-state index contributed by atoms with van der Waals surface area (Å²) in [5.41, 5.74) is 5.91. The molecular formula is C60H75FN10O6S. The van der Waals surface area contributed by atoms with E-state index in [2.05, 4.69) is 37.7 Å². The number of β-amino-alcohol motifs (C(OH)–C–C–N with tert-alkyl or cyclic N) is 1. The number of aromatic nitrogens is 4. The van der Waals surface area contributed by atoms with E-state index < -0.39 is 29.4 Å². The molecule has 10 rings (SSSR count). The van der Waals surface area contributed by atoms with E-state index in [-0.39, 0.29) is 72.2 Å². The second-order valence-electron chi connectivity index (χ2n) is 23.1. The Kier molecular flexibility index (Phi) is 16.6. The molecule has 0 saturated carbocycles. The summed E-state index contributed by atoms with van der Waals surface area (Å²) in [4.78, 5) is 67.6. The molecule has 0 spiro atoms.